The molecular formula is C17H21NO6. The lowest BCUT2D eigenvalue weighted by atomic mass is 9.83. The Labute approximate surface area is 139 Å². The minimum Gasteiger partial charge on any atom is -0.467 e. The van der Waals surface area contributed by atoms with Crippen LogP contribution in [0.5, 0.6) is 0 Å². The molecule has 1 aliphatic heterocycles. The van der Waals surface area contributed by atoms with E-state index in [9.17, 15) is 9.59 Å². The number of methoxy groups -OCH3 is 1. The van der Waals surface area contributed by atoms with Crippen molar-refractivity contribution in [2.45, 2.75) is 32.6 Å². The molecule has 0 spiro atoms. The first kappa shape index (κ1) is 16.4. The molecule has 2 heterocycles. The standard InChI is InChI=1S/C17H21NO6/c1-10-5-6-12-13(15(19)21-2)9-23-16(14(10)12)24-17(20)18-8-11-4-3-7-22-11/h3-4,7,9-10,12,14,16H,5-6,8H2,1-2H3,(H,18,20). The third-order valence-corrected chi connectivity index (χ3v) is 4.73. The lowest BCUT2D eigenvalue weighted by Crippen LogP contribution is -2.41. The van der Waals surface area contributed by atoms with Gasteiger partial charge >= 0.3 is 12.1 Å². The quantitative estimate of drug-likeness (QED) is 0.851. The minimum atomic E-state index is -0.711. The summed E-state index contributed by atoms with van der Waals surface area (Å²) in [7, 11) is 1.35. The van der Waals surface area contributed by atoms with Gasteiger partial charge in [0, 0.05) is 11.8 Å². The van der Waals surface area contributed by atoms with Gasteiger partial charge in [-0.15, -0.1) is 0 Å². The summed E-state index contributed by atoms with van der Waals surface area (Å²) in [6.07, 6.45) is 3.42. The molecule has 0 radical (unpaired) electrons. The Morgan fingerprint density at radius 1 is 1.38 bits per heavy atom. The smallest absolute Gasteiger partial charge is 0.410 e. The molecule has 4 unspecified atom stereocenters. The van der Waals surface area contributed by atoms with Gasteiger partial charge in [-0.25, -0.2) is 9.59 Å². The van der Waals surface area contributed by atoms with Crippen LogP contribution in [-0.2, 0) is 25.5 Å². The van der Waals surface area contributed by atoms with Crippen molar-refractivity contribution in [3.05, 3.63) is 36.0 Å². The van der Waals surface area contributed by atoms with Gasteiger partial charge in [-0.05, 0) is 30.9 Å². The molecule has 1 aliphatic carbocycles. The lowest BCUT2D eigenvalue weighted by molar-refractivity contribution is -0.145. The fraction of sp³-hybridized carbons (Fsp3) is 0.529. The van der Waals surface area contributed by atoms with Crippen molar-refractivity contribution >= 4 is 12.1 Å². The van der Waals surface area contributed by atoms with E-state index in [0.717, 1.165) is 12.8 Å². The van der Waals surface area contributed by atoms with Crippen molar-refractivity contribution in [2.75, 3.05) is 7.11 Å². The number of carbonyl (C=O) groups is 2. The van der Waals surface area contributed by atoms with Crippen LogP contribution in [0.25, 0.3) is 0 Å². The van der Waals surface area contributed by atoms with Crippen LogP contribution in [-0.4, -0.2) is 25.5 Å². The van der Waals surface area contributed by atoms with Crippen molar-refractivity contribution in [3.8, 4) is 0 Å². The first-order valence-corrected chi connectivity index (χ1v) is 8.01. The average Bonchev–Trinajstić information content (AvgIpc) is 3.23. The number of furan rings is 1. The predicted molar refractivity (Wildman–Crippen MR) is 82.4 cm³/mol. The molecule has 0 bridgehead atoms. The van der Waals surface area contributed by atoms with Gasteiger partial charge in [0.25, 0.3) is 0 Å². The molecule has 1 N–H and O–H groups in total. The van der Waals surface area contributed by atoms with E-state index in [0.29, 0.717) is 11.3 Å². The van der Waals surface area contributed by atoms with Gasteiger partial charge in [0.15, 0.2) is 0 Å². The van der Waals surface area contributed by atoms with E-state index in [1.807, 2.05) is 0 Å². The van der Waals surface area contributed by atoms with Crippen LogP contribution >= 0.6 is 0 Å². The first-order valence-electron chi connectivity index (χ1n) is 8.01. The zero-order chi connectivity index (χ0) is 17.1. The number of carbonyl (C=O) groups excluding carboxylic acids is 2. The third kappa shape index (κ3) is 3.25. The number of amides is 1. The Morgan fingerprint density at radius 2 is 2.21 bits per heavy atom. The van der Waals surface area contributed by atoms with Crippen molar-refractivity contribution in [2.24, 2.45) is 17.8 Å². The normalized spacial score (nSPS) is 28.3. The summed E-state index contributed by atoms with van der Waals surface area (Å²) in [6, 6.07) is 3.51. The van der Waals surface area contributed by atoms with Gasteiger partial charge in [0.1, 0.15) is 5.76 Å². The van der Waals surface area contributed by atoms with Crippen LogP contribution in [0.15, 0.2) is 34.6 Å². The van der Waals surface area contributed by atoms with E-state index >= 15 is 0 Å². The highest BCUT2D eigenvalue weighted by atomic mass is 16.7. The third-order valence-electron chi connectivity index (χ3n) is 4.73. The van der Waals surface area contributed by atoms with Crippen molar-refractivity contribution in [1.29, 1.82) is 0 Å². The summed E-state index contributed by atoms with van der Waals surface area (Å²) >= 11 is 0. The highest BCUT2D eigenvalue weighted by Crippen LogP contribution is 2.46. The Morgan fingerprint density at radius 3 is 2.92 bits per heavy atom. The number of rotatable bonds is 4. The van der Waals surface area contributed by atoms with Crippen LogP contribution in [0.1, 0.15) is 25.5 Å². The number of fused-ring (bicyclic) bond motifs is 1. The second kappa shape index (κ2) is 6.98. The Kier molecular flexibility index (Phi) is 4.78. The van der Waals surface area contributed by atoms with Gasteiger partial charge in [0.05, 0.1) is 31.8 Å². The predicted octanol–water partition coefficient (Wildman–Crippen LogP) is 2.58. The molecule has 1 aromatic rings. The summed E-state index contributed by atoms with van der Waals surface area (Å²) in [5, 5.41) is 2.62. The first-order chi connectivity index (χ1) is 11.6. The van der Waals surface area contributed by atoms with Crippen LogP contribution < -0.4 is 5.32 Å². The lowest BCUT2D eigenvalue weighted by Gasteiger charge is -2.34. The zero-order valence-corrected chi connectivity index (χ0v) is 13.7. The SMILES string of the molecule is COC(=O)C1=COC(OC(=O)NCc2ccco2)C2C(C)CCC12. The monoisotopic (exact) mass is 335 g/mol. The topological polar surface area (TPSA) is 87.0 Å². The van der Waals surface area contributed by atoms with E-state index < -0.39 is 12.4 Å². The van der Waals surface area contributed by atoms with Crippen LogP contribution in [0.3, 0.4) is 0 Å². The fourth-order valence-corrected chi connectivity index (χ4v) is 3.51. The molecule has 1 saturated carbocycles. The molecule has 24 heavy (non-hydrogen) atoms. The van der Waals surface area contributed by atoms with Gasteiger partial charge in [-0.2, -0.15) is 0 Å². The van der Waals surface area contributed by atoms with Gasteiger partial charge in [-0.3, -0.25) is 0 Å². The summed E-state index contributed by atoms with van der Waals surface area (Å²) in [5.41, 5.74) is 0.516. The molecule has 1 amide bonds. The van der Waals surface area contributed by atoms with Crippen molar-refractivity contribution in [1.82, 2.24) is 5.32 Å². The highest BCUT2D eigenvalue weighted by Gasteiger charge is 2.48. The number of esters is 1. The molecular weight excluding hydrogens is 314 g/mol. The van der Waals surface area contributed by atoms with Crippen molar-refractivity contribution < 1.29 is 28.2 Å². The highest BCUT2D eigenvalue weighted by molar-refractivity contribution is 5.89. The molecule has 0 aromatic carbocycles. The molecule has 4 atom stereocenters. The van der Waals surface area contributed by atoms with Gasteiger partial charge in [-0.1, -0.05) is 6.92 Å². The molecule has 7 nitrogen and oxygen atoms in total. The van der Waals surface area contributed by atoms with Crippen LogP contribution in [0.2, 0.25) is 0 Å². The van der Waals surface area contributed by atoms with Gasteiger partial charge < -0.3 is 23.9 Å². The molecule has 130 valence electrons. The fourth-order valence-electron chi connectivity index (χ4n) is 3.51. The molecule has 2 aliphatic rings. The molecule has 3 rings (SSSR count). The van der Waals surface area contributed by atoms with Crippen LogP contribution in [0, 0.1) is 17.8 Å². The molecule has 1 aromatic heterocycles. The Bertz CT molecular complexity index is 623. The van der Waals surface area contributed by atoms with Gasteiger partial charge in [0.2, 0.25) is 6.29 Å². The number of hydrogen-bond donors (Lipinski definition) is 1. The van der Waals surface area contributed by atoms with E-state index in [1.54, 1.807) is 12.1 Å². The maximum absolute atomic E-state index is 12.0. The second-order valence-electron chi connectivity index (χ2n) is 6.15. The van der Waals surface area contributed by atoms with E-state index in [4.69, 9.17) is 18.6 Å². The maximum Gasteiger partial charge on any atom is 0.410 e. The Hall–Kier alpha value is -2.44. The summed E-state index contributed by atoms with van der Waals surface area (Å²) in [5.74, 6) is 0.463. The minimum absolute atomic E-state index is 0.0101. The van der Waals surface area contributed by atoms with Crippen LogP contribution in [0.4, 0.5) is 4.79 Å². The number of ether oxygens (including phenoxy) is 3. The Balaban J connectivity index is 1.64. The zero-order valence-electron chi connectivity index (χ0n) is 13.7. The van der Waals surface area contributed by atoms with E-state index in [1.165, 1.54) is 19.6 Å². The summed E-state index contributed by atoms with van der Waals surface area (Å²) in [6.45, 7) is 2.32. The number of hydrogen-bond acceptors (Lipinski definition) is 6. The number of alkyl carbamates (subject to hydrolysis) is 1. The summed E-state index contributed by atoms with van der Waals surface area (Å²) < 4.78 is 20.9. The maximum atomic E-state index is 12.0. The number of nitrogens with one attached hydrogen (secondary N) is 1. The second-order valence-corrected chi connectivity index (χ2v) is 6.15. The molecule has 1 fully saturated rings. The largest absolute Gasteiger partial charge is 0.467 e. The summed E-state index contributed by atoms with van der Waals surface area (Å²) in [4.78, 5) is 23.9. The average molecular weight is 335 g/mol. The van der Waals surface area contributed by atoms with E-state index in [-0.39, 0.29) is 30.3 Å². The van der Waals surface area contributed by atoms with E-state index in [2.05, 4.69) is 12.2 Å². The van der Waals surface area contributed by atoms with Crippen molar-refractivity contribution in [3.63, 3.8) is 0 Å². The molecule has 0 saturated heterocycles. The molecule has 7 heteroatoms.